The zero-order chi connectivity index (χ0) is 16.0. The van der Waals surface area contributed by atoms with Crippen LogP contribution in [0.4, 0.5) is 0 Å². The molecule has 0 saturated carbocycles. The summed E-state index contributed by atoms with van der Waals surface area (Å²) < 4.78 is 25.5. The minimum Gasteiger partial charge on any atom is -0.309 e. The molecule has 0 atom stereocenters. The highest BCUT2D eigenvalue weighted by Crippen LogP contribution is 2.11. The van der Waals surface area contributed by atoms with Gasteiger partial charge in [0, 0.05) is 18.1 Å². The smallest absolute Gasteiger partial charge is 0.215 e. The fourth-order valence-electron chi connectivity index (χ4n) is 2.07. The summed E-state index contributed by atoms with van der Waals surface area (Å²) in [6.45, 7) is 1.41. The van der Waals surface area contributed by atoms with Crippen molar-refractivity contribution in [1.29, 1.82) is 0 Å². The number of benzene rings is 2. The average molecular weight is 339 g/mol. The summed E-state index contributed by atoms with van der Waals surface area (Å²) in [7, 11) is -1.82. The van der Waals surface area contributed by atoms with E-state index in [0.717, 1.165) is 28.3 Å². The number of rotatable bonds is 7. The molecule has 2 rings (SSSR count). The van der Waals surface area contributed by atoms with Crippen LogP contribution in [-0.4, -0.2) is 15.5 Å². The maximum Gasteiger partial charge on any atom is 0.215 e. The van der Waals surface area contributed by atoms with E-state index in [4.69, 9.17) is 11.6 Å². The summed E-state index contributed by atoms with van der Waals surface area (Å²) in [5.41, 5.74) is 2.98. The van der Waals surface area contributed by atoms with Crippen LogP contribution in [0.25, 0.3) is 0 Å². The van der Waals surface area contributed by atoms with E-state index in [1.165, 1.54) is 7.05 Å². The summed E-state index contributed by atoms with van der Waals surface area (Å²) in [6, 6.07) is 15.3. The molecule has 2 N–H and O–H groups in total. The van der Waals surface area contributed by atoms with Crippen LogP contribution in [0.3, 0.4) is 0 Å². The molecule has 0 fully saturated rings. The molecular formula is C16H19ClN2O2S. The lowest BCUT2D eigenvalue weighted by molar-refractivity contribution is 0.587. The van der Waals surface area contributed by atoms with E-state index in [1.807, 2.05) is 48.5 Å². The predicted octanol–water partition coefficient (Wildman–Crippen LogP) is 2.68. The number of halogens is 1. The first kappa shape index (κ1) is 17.0. The van der Waals surface area contributed by atoms with Crippen molar-refractivity contribution in [2.45, 2.75) is 18.8 Å². The van der Waals surface area contributed by atoms with E-state index < -0.39 is 10.0 Å². The molecule has 0 saturated heterocycles. The highest BCUT2D eigenvalue weighted by Gasteiger charge is 2.08. The van der Waals surface area contributed by atoms with Gasteiger partial charge in [0.15, 0.2) is 0 Å². The first-order chi connectivity index (χ1) is 10.5. The van der Waals surface area contributed by atoms with Gasteiger partial charge in [-0.15, -0.1) is 0 Å². The zero-order valence-corrected chi connectivity index (χ0v) is 13.9. The maximum absolute atomic E-state index is 11.6. The molecule has 118 valence electrons. The molecule has 0 spiro atoms. The third-order valence-corrected chi connectivity index (χ3v) is 4.82. The molecule has 0 aliphatic heterocycles. The Morgan fingerprint density at radius 1 is 0.955 bits per heavy atom. The molecule has 0 aromatic heterocycles. The van der Waals surface area contributed by atoms with Crippen molar-refractivity contribution in [2.75, 3.05) is 7.05 Å². The fourth-order valence-corrected chi connectivity index (χ4v) is 2.96. The van der Waals surface area contributed by atoms with Crippen molar-refractivity contribution in [3.63, 3.8) is 0 Å². The van der Waals surface area contributed by atoms with Crippen LogP contribution in [0.15, 0.2) is 48.5 Å². The van der Waals surface area contributed by atoms with E-state index in [0.29, 0.717) is 6.54 Å². The molecular weight excluding hydrogens is 320 g/mol. The molecule has 0 heterocycles. The van der Waals surface area contributed by atoms with Crippen LogP contribution >= 0.6 is 11.6 Å². The van der Waals surface area contributed by atoms with Gasteiger partial charge in [0.05, 0.1) is 5.75 Å². The summed E-state index contributed by atoms with van der Waals surface area (Å²) in [5.74, 6) is -0.00543. The van der Waals surface area contributed by atoms with E-state index >= 15 is 0 Å². The van der Waals surface area contributed by atoms with E-state index in [1.54, 1.807) is 0 Å². The first-order valence-electron chi connectivity index (χ1n) is 6.93. The molecule has 2 aromatic rings. The largest absolute Gasteiger partial charge is 0.309 e. The van der Waals surface area contributed by atoms with Crippen LogP contribution in [0.5, 0.6) is 0 Å². The van der Waals surface area contributed by atoms with Crippen molar-refractivity contribution >= 4 is 21.6 Å². The molecule has 0 aliphatic rings. The van der Waals surface area contributed by atoms with Crippen LogP contribution in [-0.2, 0) is 28.9 Å². The normalized spacial score (nSPS) is 11.5. The third kappa shape index (κ3) is 5.42. The van der Waals surface area contributed by atoms with Crippen molar-refractivity contribution in [2.24, 2.45) is 0 Å². The SMILES string of the molecule is CNS(=O)(=O)Cc1cccc(CNCc2ccc(Cl)cc2)c1. The van der Waals surface area contributed by atoms with Crippen molar-refractivity contribution in [3.05, 3.63) is 70.2 Å². The van der Waals surface area contributed by atoms with E-state index in [-0.39, 0.29) is 5.75 Å². The Morgan fingerprint density at radius 2 is 1.59 bits per heavy atom. The fraction of sp³-hybridized carbons (Fsp3) is 0.250. The van der Waals surface area contributed by atoms with Crippen molar-refractivity contribution < 1.29 is 8.42 Å². The summed E-state index contributed by atoms with van der Waals surface area (Å²) in [6.07, 6.45) is 0. The standard InChI is InChI=1S/C16H19ClN2O2S/c1-18-22(20,21)12-15-4-2-3-14(9-15)11-19-10-13-5-7-16(17)8-6-13/h2-9,18-19H,10-12H2,1H3. The second kappa shape index (κ2) is 7.74. The Labute approximate surface area is 136 Å². The Morgan fingerprint density at radius 3 is 2.27 bits per heavy atom. The van der Waals surface area contributed by atoms with Gasteiger partial charge in [-0.3, -0.25) is 0 Å². The Kier molecular flexibility index (Phi) is 5.97. The third-order valence-electron chi connectivity index (χ3n) is 3.23. The molecule has 0 amide bonds. The van der Waals surface area contributed by atoms with Gasteiger partial charge in [-0.25, -0.2) is 13.1 Å². The van der Waals surface area contributed by atoms with Gasteiger partial charge in [-0.05, 0) is 35.9 Å². The lowest BCUT2D eigenvalue weighted by Crippen LogP contribution is -2.20. The Bertz CT molecular complexity index is 715. The molecule has 4 nitrogen and oxygen atoms in total. The summed E-state index contributed by atoms with van der Waals surface area (Å²) >= 11 is 5.85. The van der Waals surface area contributed by atoms with Gasteiger partial charge < -0.3 is 5.32 Å². The Balaban J connectivity index is 1.92. The summed E-state index contributed by atoms with van der Waals surface area (Å²) in [5, 5.41) is 4.06. The lowest BCUT2D eigenvalue weighted by Gasteiger charge is -2.08. The number of hydrogen-bond acceptors (Lipinski definition) is 3. The highest BCUT2D eigenvalue weighted by atomic mass is 35.5. The monoisotopic (exact) mass is 338 g/mol. The van der Waals surface area contributed by atoms with Crippen LogP contribution in [0.1, 0.15) is 16.7 Å². The molecule has 0 radical (unpaired) electrons. The first-order valence-corrected chi connectivity index (χ1v) is 8.96. The number of hydrogen-bond donors (Lipinski definition) is 2. The minimum atomic E-state index is -3.24. The lowest BCUT2D eigenvalue weighted by atomic mass is 10.1. The topological polar surface area (TPSA) is 58.2 Å². The maximum atomic E-state index is 11.6. The predicted molar refractivity (Wildman–Crippen MR) is 90.1 cm³/mol. The Hall–Kier alpha value is -1.40. The van der Waals surface area contributed by atoms with E-state index in [9.17, 15) is 8.42 Å². The highest BCUT2D eigenvalue weighted by molar-refractivity contribution is 7.88. The zero-order valence-electron chi connectivity index (χ0n) is 12.3. The van der Waals surface area contributed by atoms with Gasteiger partial charge in [0.25, 0.3) is 0 Å². The second-order valence-electron chi connectivity index (χ2n) is 5.01. The molecule has 0 unspecified atom stereocenters. The summed E-state index contributed by atoms with van der Waals surface area (Å²) in [4.78, 5) is 0. The van der Waals surface area contributed by atoms with Gasteiger partial charge in [0.1, 0.15) is 0 Å². The van der Waals surface area contributed by atoms with Crippen LogP contribution in [0, 0.1) is 0 Å². The van der Waals surface area contributed by atoms with Crippen LogP contribution < -0.4 is 10.0 Å². The van der Waals surface area contributed by atoms with Crippen molar-refractivity contribution in [1.82, 2.24) is 10.0 Å². The quantitative estimate of drug-likeness (QED) is 0.816. The van der Waals surface area contributed by atoms with Gasteiger partial charge in [0.2, 0.25) is 10.0 Å². The molecule has 22 heavy (non-hydrogen) atoms. The van der Waals surface area contributed by atoms with E-state index in [2.05, 4.69) is 10.0 Å². The number of sulfonamides is 1. The van der Waals surface area contributed by atoms with Gasteiger partial charge in [-0.1, -0.05) is 48.0 Å². The molecule has 6 heteroatoms. The van der Waals surface area contributed by atoms with Gasteiger partial charge >= 0.3 is 0 Å². The van der Waals surface area contributed by atoms with Crippen LogP contribution in [0.2, 0.25) is 5.02 Å². The molecule has 0 bridgehead atoms. The molecule has 0 aliphatic carbocycles. The molecule has 2 aromatic carbocycles. The average Bonchev–Trinajstić information content (AvgIpc) is 2.49. The number of nitrogens with one attached hydrogen (secondary N) is 2. The second-order valence-corrected chi connectivity index (χ2v) is 7.38. The van der Waals surface area contributed by atoms with Crippen molar-refractivity contribution in [3.8, 4) is 0 Å². The van der Waals surface area contributed by atoms with Gasteiger partial charge in [-0.2, -0.15) is 0 Å². The minimum absolute atomic E-state index is 0.00543.